The third-order valence-electron chi connectivity index (χ3n) is 12.5. The number of phenols is 4. The molecular weight excluding hydrogens is 697 g/mol. The van der Waals surface area contributed by atoms with Gasteiger partial charge in [0.1, 0.15) is 17.4 Å². The van der Waals surface area contributed by atoms with E-state index in [4.69, 9.17) is 9.47 Å². The van der Waals surface area contributed by atoms with Gasteiger partial charge in [0.15, 0.2) is 23.0 Å². The Morgan fingerprint density at radius 2 is 1.78 bits per heavy atom. The third-order valence-corrected chi connectivity index (χ3v) is 12.5. The molecule has 4 aliphatic rings. The summed E-state index contributed by atoms with van der Waals surface area (Å²) >= 11 is 0. The van der Waals surface area contributed by atoms with Crippen LogP contribution < -0.4 is 20.1 Å². The van der Waals surface area contributed by atoms with Gasteiger partial charge >= 0.3 is 0 Å². The Labute approximate surface area is 321 Å². The molecule has 0 unspecified atom stereocenters. The number of carbonyl (C=O) groups excluding carboxylic acids is 1. The van der Waals surface area contributed by atoms with Gasteiger partial charge in [-0.2, -0.15) is 0 Å². The normalized spacial score (nSPS) is 21.3. The Bertz CT molecular complexity index is 2190. The van der Waals surface area contributed by atoms with Crippen molar-refractivity contribution in [2.45, 2.75) is 82.7 Å². The summed E-state index contributed by atoms with van der Waals surface area (Å²) in [5, 5.41) is 63.7. The fourth-order valence-electron chi connectivity index (χ4n) is 9.85. The average Bonchev–Trinajstić information content (AvgIpc) is 3.68. The molecule has 0 radical (unpaired) electrons. The summed E-state index contributed by atoms with van der Waals surface area (Å²) in [6, 6.07) is 16.1. The van der Waals surface area contributed by atoms with Crippen LogP contribution >= 0.6 is 0 Å². The number of methoxy groups -OCH3 is 1. The maximum atomic E-state index is 15.3. The van der Waals surface area contributed by atoms with Crippen LogP contribution in [0.15, 0.2) is 78.1 Å². The van der Waals surface area contributed by atoms with Gasteiger partial charge in [-0.1, -0.05) is 37.1 Å². The number of aliphatic hydroxyl groups is 1. The number of aliphatic hydroxyl groups excluding tert-OH is 1. The van der Waals surface area contributed by atoms with E-state index in [-0.39, 0.29) is 41.0 Å². The fraction of sp³-hybridized carbons (Fsp3) is 0.400. The molecule has 3 atom stereocenters. The Morgan fingerprint density at radius 3 is 2.60 bits per heavy atom. The lowest BCUT2D eigenvalue weighted by Gasteiger charge is -2.42. The van der Waals surface area contributed by atoms with Gasteiger partial charge in [0, 0.05) is 29.6 Å². The van der Waals surface area contributed by atoms with Crippen molar-refractivity contribution in [2.24, 2.45) is 11.3 Å². The topological polar surface area (TPSA) is 161 Å². The van der Waals surface area contributed by atoms with Gasteiger partial charge in [-0.25, -0.2) is 0 Å². The summed E-state index contributed by atoms with van der Waals surface area (Å²) < 4.78 is 11.3. The summed E-state index contributed by atoms with van der Waals surface area (Å²) in [6.07, 6.45) is 10.4. The van der Waals surface area contributed by atoms with Crippen LogP contribution in [0.2, 0.25) is 0 Å². The zero-order chi connectivity index (χ0) is 38.3. The molecule has 0 saturated heterocycles. The molecule has 7 N–H and O–H groups in total. The van der Waals surface area contributed by atoms with Crippen LogP contribution in [0.5, 0.6) is 34.5 Å². The van der Waals surface area contributed by atoms with E-state index >= 15 is 4.79 Å². The van der Waals surface area contributed by atoms with Gasteiger partial charge in [0.25, 0.3) is 0 Å². The predicted molar refractivity (Wildman–Crippen MR) is 211 cm³/mol. The maximum absolute atomic E-state index is 15.3. The summed E-state index contributed by atoms with van der Waals surface area (Å²) in [4.78, 5) is 15.3. The van der Waals surface area contributed by atoms with Crippen molar-refractivity contribution in [3.63, 3.8) is 0 Å². The second kappa shape index (κ2) is 15.1. The maximum Gasteiger partial charge on any atom is 0.200 e. The van der Waals surface area contributed by atoms with Crippen LogP contribution in [0.25, 0.3) is 10.8 Å². The molecule has 55 heavy (non-hydrogen) atoms. The minimum atomic E-state index is -0.956. The summed E-state index contributed by atoms with van der Waals surface area (Å²) in [7, 11) is 1.43. The number of benzene rings is 4. The van der Waals surface area contributed by atoms with Crippen molar-refractivity contribution in [3.05, 3.63) is 100 Å². The highest BCUT2D eigenvalue weighted by molar-refractivity contribution is 5.91. The number of rotatable bonds is 6. The number of hydrogen-bond acceptors (Lipinski definition) is 10. The van der Waals surface area contributed by atoms with Crippen molar-refractivity contribution in [1.29, 1.82) is 0 Å². The number of ketones is 1. The number of hydrogen-bond donors (Lipinski definition) is 7. The molecule has 4 aromatic rings. The van der Waals surface area contributed by atoms with Crippen LogP contribution in [-0.4, -0.2) is 57.7 Å². The molecule has 288 valence electrons. The van der Waals surface area contributed by atoms with Crippen molar-refractivity contribution in [1.82, 2.24) is 5.32 Å². The number of allylic oxidation sites excluding steroid dienone is 2. The number of Topliss-reactive ketones (excluding diaryl/α,β-unsaturated/α-hetero) is 1. The molecule has 3 heterocycles. The molecule has 3 aliphatic heterocycles. The van der Waals surface area contributed by atoms with E-state index < -0.39 is 23.4 Å². The molecule has 10 nitrogen and oxygen atoms in total. The highest BCUT2D eigenvalue weighted by Crippen LogP contribution is 2.54. The van der Waals surface area contributed by atoms with Crippen LogP contribution in [-0.2, 0) is 24.1 Å². The lowest BCUT2D eigenvalue weighted by Crippen LogP contribution is -2.44. The largest absolute Gasteiger partial charge is 0.508 e. The molecule has 0 aromatic heterocycles. The van der Waals surface area contributed by atoms with Gasteiger partial charge in [-0.05, 0) is 133 Å². The molecule has 4 aromatic carbocycles. The monoisotopic (exact) mass is 746 g/mol. The molecular formula is C45H50N2O8. The van der Waals surface area contributed by atoms with Crippen molar-refractivity contribution < 1.29 is 39.8 Å². The van der Waals surface area contributed by atoms with E-state index in [1.54, 1.807) is 24.3 Å². The van der Waals surface area contributed by atoms with Gasteiger partial charge in [-0.3, -0.25) is 4.79 Å². The first kappa shape index (κ1) is 36.6. The second-order valence-electron chi connectivity index (χ2n) is 15.7. The van der Waals surface area contributed by atoms with E-state index in [2.05, 4.69) is 22.8 Å². The average molecular weight is 747 g/mol. The molecule has 2 bridgehead atoms. The van der Waals surface area contributed by atoms with E-state index in [0.717, 1.165) is 83.1 Å². The first-order chi connectivity index (χ1) is 26.6. The number of fused-ring (bicyclic) bond motifs is 6. The van der Waals surface area contributed by atoms with Crippen molar-refractivity contribution in [2.75, 3.05) is 25.6 Å². The Morgan fingerprint density at radius 1 is 0.945 bits per heavy atom. The molecule has 10 heteroatoms. The zero-order valence-corrected chi connectivity index (χ0v) is 31.2. The van der Waals surface area contributed by atoms with Crippen LogP contribution in [0.1, 0.15) is 79.5 Å². The Kier molecular flexibility index (Phi) is 10.0. The standard InChI is InChI=1S/C45H50N2O8/c1-54-40-24-29(23-39(52)43(40)53)27-6-11-34-32-12-10-31(48)21-28(32)7-13-35(34)47-41-25-30(16-19-46-41)45(17-2-3-18-45)42(38(51)22-27)36(49)14-8-26-9-15-37(50)44-33(26)5-4-20-55-44/h7,9-10,12-13,15-16,21,23-25,27,36,42,46-50,52-53H,2-6,8,11,14,17-20,22H2,1H3/t27-,36-,42-/m1/s1. The summed E-state index contributed by atoms with van der Waals surface area (Å²) in [5.74, 6) is -0.0548. The highest BCUT2D eigenvalue weighted by atomic mass is 16.5. The number of anilines is 1. The van der Waals surface area contributed by atoms with Crippen LogP contribution in [0, 0.1) is 11.3 Å². The second-order valence-corrected chi connectivity index (χ2v) is 15.7. The zero-order valence-electron chi connectivity index (χ0n) is 31.2. The molecule has 1 spiro atoms. The molecule has 1 fully saturated rings. The van der Waals surface area contributed by atoms with E-state index in [9.17, 15) is 25.5 Å². The minimum Gasteiger partial charge on any atom is -0.508 e. The number of dihydropyridines is 1. The van der Waals surface area contributed by atoms with Gasteiger partial charge in [0.2, 0.25) is 5.75 Å². The van der Waals surface area contributed by atoms with Crippen molar-refractivity contribution in [3.8, 4) is 34.5 Å². The van der Waals surface area contributed by atoms with E-state index in [0.29, 0.717) is 50.1 Å². The van der Waals surface area contributed by atoms with Gasteiger partial charge in [0.05, 0.1) is 25.7 Å². The number of nitrogens with one attached hydrogen (secondary N) is 2. The number of carbonyl (C=O) groups is 1. The summed E-state index contributed by atoms with van der Waals surface area (Å²) in [5.41, 5.74) is 5.03. The molecule has 8 rings (SSSR count). The first-order valence-corrected chi connectivity index (χ1v) is 19.6. The SMILES string of the molecule is COc1cc([C@@H]2CCc3c(ccc4cc(O)ccc34)NC3=CC(=CCN3)C3(CCCC3)[C@H]([C@H](O)CCc3ccc(O)c4c3CCCO4)C(=O)C2)cc(O)c1O. The number of ether oxygens (including phenoxy) is 2. The predicted octanol–water partition coefficient (Wildman–Crippen LogP) is 7.64. The van der Waals surface area contributed by atoms with Crippen LogP contribution in [0.3, 0.4) is 0 Å². The molecule has 0 amide bonds. The van der Waals surface area contributed by atoms with Crippen molar-refractivity contribution >= 4 is 22.2 Å². The van der Waals surface area contributed by atoms with Gasteiger partial charge < -0.3 is 45.6 Å². The first-order valence-electron chi connectivity index (χ1n) is 19.6. The quantitative estimate of drug-likeness (QED) is 0.0978. The lowest BCUT2D eigenvalue weighted by molar-refractivity contribution is -0.132. The van der Waals surface area contributed by atoms with E-state index in [1.807, 2.05) is 24.3 Å². The smallest absolute Gasteiger partial charge is 0.200 e. The summed E-state index contributed by atoms with van der Waals surface area (Å²) in [6.45, 7) is 1.12. The number of phenolic OH excluding ortho intramolecular Hbond substituents is 4. The molecule has 1 saturated carbocycles. The lowest BCUT2D eigenvalue weighted by atomic mass is 9.62. The van der Waals surface area contributed by atoms with Crippen LogP contribution in [0.4, 0.5) is 5.69 Å². The number of aryl methyl sites for hydroxylation is 2. The van der Waals surface area contributed by atoms with Gasteiger partial charge in [-0.15, -0.1) is 0 Å². The molecule has 1 aliphatic carbocycles. The Hall–Kier alpha value is -5.35. The Balaban J connectivity index is 1.23. The number of aromatic hydroxyl groups is 4. The van der Waals surface area contributed by atoms with E-state index in [1.165, 1.54) is 13.2 Å². The third kappa shape index (κ3) is 6.92. The minimum absolute atomic E-state index is 0.0355. The highest BCUT2D eigenvalue weighted by Gasteiger charge is 2.50. The fourth-order valence-corrected chi connectivity index (χ4v) is 9.85.